The van der Waals surface area contributed by atoms with E-state index in [0.717, 1.165) is 35.0 Å². The van der Waals surface area contributed by atoms with Crippen LogP contribution in [0.25, 0.3) is 5.69 Å². The number of aromatic nitrogens is 2. The normalized spacial score (nSPS) is 12.3. The standard InChI is InChI=1S/C17H14N4O9S2/c1-9-2-7-12(13(8-9)32(28,29)30)18-19-14-15(17(23)24)20-21(16(14)22)10-3-5-11(6-4-10)31(25,26)27/h2-8,22H,1H3,(H,23,24)(H,25,26,27)(H,28,29,30). The third-order valence-corrected chi connectivity index (χ3v) is 5.82. The molecular weight excluding hydrogens is 468 g/mol. The zero-order valence-electron chi connectivity index (χ0n) is 16.0. The van der Waals surface area contributed by atoms with Crippen LogP contribution in [0.3, 0.4) is 0 Å². The number of carboxylic acid groups (broad SMARTS) is 1. The highest BCUT2D eigenvalue weighted by Crippen LogP contribution is 2.35. The SMILES string of the molecule is Cc1ccc(N=Nc2c(C(=O)O)nn(-c3ccc(S(=O)(=O)O)cc3)c2O)c(S(=O)(=O)O)c1. The minimum Gasteiger partial charge on any atom is -0.492 e. The van der Waals surface area contributed by atoms with E-state index in [4.69, 9.17) is 4.55 Å². The summed E-state index contributed by atoms with van der Waals surface area (Å²) in [7, 11) is -9.15. The second-order valence-electron chi connectivity index (χ2n) is 6.35. The summed E-state index contributed by atoms with van der Waals surface area (Å²) in [5.41, 5.74) is -1.18. The lowest BCUT2D eigenvalue weighted by atomic mass is 10.2. The molecule has 1 heterocycles. The number of azo groups is 1. The second-order valence-corrected chi connectivity index (χ2v) is 9.16. The fourth-order valence-electron chi connectivity index (χ4n) is 2.59. The van der Waals surface area contributed by atoms with Crippen molar-refractivity contribution in [2.75, 3.05) is 0 Å². The maximum absolute atomic E-state index is 11.6. The first-order chi connectivity index (χ1) is 14.8. The summed E-state index contributed by atoms with van der Waals surface area (Å²) in [6.07, 6.45) is 0. The van der Waals surface area contributed by atoms with Gasteiger partial charge in [-0.05, 0) is 48.9 Å². The highest BCUT2D eigenvalue weighted by Gasteiger charge is 2.24. The quantitative estimate of drug-likeness (QED) is 0.298. The maximum atomic E-state index is 11.6. The summed E-state index contributed by atoms with van der Waals surface area (Å²) in [5, 5.41) is 30.8. The van der Waals surface area contributed by atoms with E-state index in [1.807, 2.05) is 0 Å². The van der Waals surface area contributed by atoms with E-state index in [1.165, 1.54) is 12.1 Å². The third-order valence-electron chi connectivity index (χ3n) is 4.07. The number of nitrogens with zero attached hydrogens (tertiary/aromatic N) is 4. The van der Waals surface area contributed by atoms with Gasteiger partial charge in [0.2, 0.25) is 11.6 Å². The predicted molar refractivity (Wildman–Crippen MR) is 107 cm³/mol. The van der Waals surface area contributed by atoms with Crippen molar-refractivity contribution < 1.29 is 40.9 Å². The van der Waals surface area contributed by atoms with E-state index in [0.29, 0.717) is 5.56 Å². The van der Waals surface area contributed by atoms with Crippen molar-refractivity contribution in [3.05, 3.63) is 53.7 Å². The van der Waals surface area contributed by atoms with Gasteiger partial charge < -0.3 is 10.2 Å². The van der Waals surface area contributed by atoms with Crippen molar-refractivity contribution in [3.8, 4) is 11.6 Å². The molecule has 1 aromatic heterocycles. The van der Waals surface area contributed by atoms with Gasteiger partial charge in [-0.3, -0.25) is 9.11 Å². The number of hydrogen-bond donors (Lipinski definition) is 4. The zero-order valence-corrected chi connectivity index (χ0v) is 17.6. The number of aromatic carboxylic acids is 1. The molecule has 15 heteroatoms. The Morgan fingerprint density at radius 3 is 2.12 bits per heavy atom. The number of rotatable bonds is 6. The highest BCUT2D eigenvalue weighted by molar-refractivity contribution is 7.86. The van der Waals surface area contributed by atoms with Crippen molar-refractivity contribution >= 4 is 37.6 Å². The van der Waals surface area contributed by atoms with Gasteiger partial charge in [0.15, 0.2) is 5.69 Å². The van der Waals surface area contributed by atoms with Gasteiger partial charge in [-0.15, -0.1) is 10.2 Å². The first kappa shape index (κ1) is 23.0. The summed E-state index contributed by atoms with van der Waals surface area (Å²) in [5.74, 6) is -2.40. The molecule has 168 valence electrons. The Balaban J connectivity index is 2.12. The molecule has 0 atom stereocenters. The number of carbonyl (C=O) groups is 1. The minimum absolute atomic E-state index is 0.0211. The first-order valence-corrected chi connectivity index (χ1v) is 11.3. The fourth-order valence-corrected chi connectivity index (χ4v) is 3.78. The molecule has 3 rings (SSSR count). The summed E-state index contributed by atoms with van der Waals surface area (Å²) < 4.78 is 64.6. The van der Waals surface area contributed by atoms with Crippen molar-refractivity contribution in [2.45, 2.75) is 16.7 Å². The van der Waals surface area contributed by atoms with Crippen molar-refractivity contribution in [2.24, 2.45) is 10.2 Å². The molecule has 0 unspecified atom stereocenters. The van der Waals surface area contributed by atoms with Crippen LogP contribution in [0.1, 0.15) is 16.1 Å². The second kappa shape index (κ2) is 8.12. The van der Waals surface area contributed by atoms with Gasteiger partial charge in [0.1, 0.15) is 10.6 Å². The van der Waals surface area contributed by atoms with E-state index in [9.17, 15) is 36.4 Å². The molecule has 4 N–H and O–H groups in total. The molecule has 0 aliphatic rings. The lowest BCUT2D eigenvalue weighted by molar-refractivity contribution is 0.0690. The van der Waals surface area contributed by atoms with Crippen LogP contribution in [0, 0.1) is 6.92 Å². The lowest BCUT2D eigenvalue weighted by Crippen LogP contribution is -2.02. The van der Waals surface area contributed by atoms with E-state index >= 15 is 0 Å². The molecule has 0 radical (unpaired) electrons. The monoisotopic (exact) mass is 482 g/mol. The Morgan fingerprint density at radius 1 is 0.969 bits per heavy atom. The average Bonchev–Trinajstić information content (AvgIpc) is 3.02. The molecule has 0 amide bonds. The van der Waals surface area contributed by atoms with E-state index in [-0.39, 0.29) is 11.4 Å². The molecule has 3 aromatic rings. The van der Waals surface area contributed by atoms with Crippen LogP contribution in [-0.4, -0.2) is 51.9 Å². The molecule has 0 aliphatic carbocycles. The van der Waals surface area contributed by atoms with Gasteiger partial charge in [0, 0.05) is 0 Å². The highest BCUT2D eigenvalue weighted by atomic mass is 32.2. The fraction of sp³-hybridized carbons (Fsp3) is 0.0588. The van der Waals surface area contributed by atoms with Gasteiger partial charge in [0.05, 0.1) is 10.6 Å². The van der Waals surface area contributed by atoms with Crippen LogP contribution in [0.4, 0.5) is 11.4 Å². The summed E-state index contributed by atoms with van der Waals surface area (Å²) in [6.45, 7) is 1.57. The van der Waals surface area contributed by atoms with Crippen molar-refractivity contribution in [3.63, 3.8) is 0 Å². The van der Waals surface area contributed by atoms with Crippen LogP contribution in [0.5, 0.6) is 5.88 Å². The van der Waals surface area contributed by atoms with E-state index in [1.54, 1.807) is 6.92 Å². The molecule has 0 bridgehead atoms. The molecule has 0 fully saturated rings. The molecule has 2 aromatic carbocycles. The Labute approximate surface area is 180 Å². The number of benzene rings is 2. The topological polar surface area (TPSA) is 209 Å². The molecule has 0 aliphatic heterocycles. The summed E-state index contributed by atoms with van der Waals surface area (Å²) >= 11 is 0. The summed E-state index contributed by atoms with van der Waals surface area (Å²) in [4.78, 5) is 10.5. The molecule has 0 spiro atoms. The van der Waals surface area contributed by atoms with E-state index in [2.05, 4.69) is 15.3 Å². The minimum atomic E-state index is -4.67. The Bertz CT molecular complexity index is 1460. The molecule has 0 saturated heterocycles. The first-order valence-electron chi connectivity index (χ1n) is 8.42. The van der Waals surface area contributed by atoms with Crippen LogP contribution >= 0.6 is 0 Å². The van der Waals surface area contributed by atoms with Gasteiger partial charge >= 0.3 is 5.97 Å². The number of carboxylic acids is 1. The molecule has 32 heavy (non-hydrogen) atoms. The number of aromatic hydroxyl groups is 1. The van der Waals surface area contributed by atoms with Crippen LogP contribution in [-0.2, 0) is 20.2 Å². The van der Waals surface area contributed by atoms with Gasteiger partial charge in [0.25, 0.3) is 20.2 Å². The van der Waals surface area contributed by atoms with Gasteiger partial charge in [-0.2, -0.15) is 26.6 Å². The number of hydrogen-bond acceptors (Lipinski definition) is 9. The average molecular weight is 482 g/mol. The van der Waals surface area contributed by atoms with Crippen LogP contribution in [0.2, 0.25) is 0 Å². The van der Waals surface area contributed by atoms with Gasteiger partial charge in [-0.1, -0.05) is 6.07 Å². The van der Waals surface area contributed by atoms with Gasteiger partial charge in [-0.25, -0.2) is 4.79 Å². The molecular formula is C17H14N4O9S2. The van der Waals surface area contributed by atoms with Crippen LogP contribution < -0.4 is 0 Å². The zero-order chi connectivity index (χ0) is 23.8. The maximum Gasteiger partial charge on any atom is 0.358 e. The third kappa shape index (κ3) is 4.65. The Kier molecular flexibility index (Phi) is 5.84. The predicted octanol–water partition coefficient (Wildman–Crippen LogP) is 2.49. The number of aryl methyl sites for hydroxylation is 1. The Morgan fingerprint density at radius 2 is 1.59 bits per heavy atom. The largest absolute Gasteiger partial charge is 0.492 e. The molecule has 13 nitrogen and oxygen atoms in total. The Hall–Kier alpha value is -3.66. The van der Waals surface area contributed by atoms with Crippen LogP contribution in [0.15, 0.2) is 62.5 Å². The lowest BCUT2D eigenvalue weighted by Gasteiger charge is -2.04. The summed E-state index contributed by atoms with van der Waals surface area (Å²) in [6, 6.07) is 8.09. The van der Waals surface area contributed by atoms with Crippen molar-refractivity contribution in [1.29, 1.82) is 0 Å². The molecule has 0 saturated carbocycles. The van der Waals surface area contributed by atoms with E-state index < -0.39 is 53.3 Å². The van der Waals surface area contributed by atoms with Crippen molar-refractivity contribution in [1.82, 2.24) is 9.78 Å². The smallest absolute Gasteiger partial charge is 0.358 e.